The fourth-order valence-electron chi connectivity index (χ4n) is 2.49. The molecule has 0 saturated carbocycles. The second-order valence-corrected chi connectivity index (χ2v) is 4.86. The lowest BCUT2D eigenvalue weighted by Gasteiger charge is -2.36. The number of pyridine rings is 1. The number of benzene rings is 1. The van der Waals surface area contributed by atoms with E-state index < -0.39 is 0 Å². The summed E-state index contributed by atoms with van der Waals surface area (Å²) in [7, 11) is 0. The summed E-state index contributed by atoms with van der Waals surface area (Å²) in [5.74, 6) is 6.36. The molecule has 1 aliphatic heterocycles. The molecule has 2 aromatic rings. The number of nitrogens with two attached hydrogens (primary N) is 1. The second-order valence-electron chi connectivity index (χ2n) is 4.86. The van der Waals surface area contributed by atoms with Crippen LogP contribution in [-0.4, -0.2) is 31.2 Å². The number of para-hydroxylation sites is 1. The van der Waals surface area contributed by atoms with E-state index in [4.69, 9.17) is 5.84 Å². The zero-order valence-electron chi connectivity index (χ0n) is 11.4. The van der Waals surface area contributed by atoms with E-state index in [0.717, 1.165) is 37.7 Å². The SMILES string of the molecule is NNc1ccc(N2CCN(c3ccccc3)CC2)nc1. The number of anilines is 3. The monoisotopic (exact) mass is 269 g/mol. The first kappa shape index (κ1) is 12.7. The Labute approximate surface area is 119 Å². The Morgan fingerprint density at radius 1 is 0.900 bits per heavy atom. The van der Waals surface area contributed by atoms with Crippen LogP contribution in [-0.2, 0) is 0 Å². The van der Waals surface area contributed by atoms with E-state index in [9.17, 15) is 0 Å². The van der Waals surface area contributed by atoms with Crippen LogP contribution < -0.4 is 21.1 Å². The molecular weight excluding hydrogens is 250 g/mol. The van der Waals surface area contributed by atoms with Gasteiger partial charge in [0.25, 0.3) is 0 Å². The van der Waals surface area contributed by atoms with Crippen LogP contribution in [0.15, 0.2) is 48.7 Å². The fraction of sp³-hybridized carbons (Fsp3) is 0.267. The van der Waals surface area contributed by atoms with Crippen LogP contribution >= 0.6 is 0 Å². The molecule has 104 valence electrons. The van der Waals surface area contributed by atoms with Gasteiger partial charge in [0.15, 0.2) is 0 Å². The maximum absolute atomic E-state index is 5.35. The highest BCUT2D eigenvalue weighted by Crippen LogP contribution is 2.19. The van der Waals surface area contributed by atoms with Crippen LogP contribution in [0.25, 0.3) is 0 Å². The number of hydrogen-bond acceptors (Lipinski definition) is 5. The summed E-state index contributed by atoms with van der Waals surface area (Å²) in [4.78, 5) is 9.15. The Morgan fingerprint density at radius 2 is 1.60 bits per heavy atom. The van der Waals surface area contributed by atoms with Crippen molar-refractivity contribution in [2.45, 2.75) is 0 Å². The molecule has 2 heterocycles. The summed E-state index contributed by atoms with van der Waals surface area (Å²) in [5.41, 5.74) is 4.72. The van der Waals surface area contributed by atoms with E-state index in [-0.39, 0.29) is 0 Å². The number of hydrazine groups is 1. The molecule has 0 spiro atoms. The molecule has 3 rings (SSSR count). The zero-order chi connectivity index (χ0) is 13.8. The van der Waals surface area contributed by atoms with E-state index in [1.165, 1.54) is 5.69 Å². The fourth-order valence-corrected chi connectivity index (χ4v) is 2.49. The van der Waals surface area contributed by atoms with E-state index in [1.54, 1.807) is 6.20 Å². The van der Waals surface area contributed by atoms with Gasteiger partial charge in [0.1, 0.15) is 5.82 Å². The lowest BCUT2D eigenvalue weighted by Crippen LogP contribution is -2.46. The summed E-state index contributed by atoms with van der Waals surface area (Å²) >= 11 is 0. The van der Waals surface area contributed by atoms with Crippen molar-refractivity contribution in [1.82, 2.24) is 4.98 Å². The van der Waals surface area contributed by atoms with Crippen molar-refractivity contribution in [1.29, 1.82) is 0 Å². The van der Waals surface area contributed by atoms with Gasteiger partial charge in [-0.25, -0.2) is 4.98 Å². The number of rotatable bonds is 3. The van der Waals surface area contributed by atoms with E-state index >= 15 is 0 Å². The standard InChI is InChI=1S/C15H19N5/c16-18-13-6-7-15(17-12-13)20-10-8-19(9-11-20)14-4-2-1-3-5-14/h1-7,12,18H,8-11,16H2. The minimum absolute atomic E-state index is 0.830. The van der Waals surface area contributed by atoms with Crippen LogP contribution in [0, 0.1) is 0 Å². The van der Waals surface area contributed by atoms with Crippen molar-refractivity contribution in [3.63, 3.8) is 0 Å². The highest BCUT2D eigenvalue weighted by molar-refractivity contribution is 5.51. The number of nitrogens with one attached hydrogen (secondary N) is 1. The molecule has 1 aromatic heterocycles. The van der Waals surface area contributed by atoms with Crippen molar-refractivity contribution >= 4 is 17.2 Å². The minimum Gasteiger partial charge on any atom is -0.368 e. The predicted octanol–water partition coefficient (Wildman–Crippen LogP) is 1.69. The molecule has 3 N–H and O–H groups in total. The number of nitrogens with zero attached hydrogens (tertiary/aromatic N) is 3. The van der Waals surface area contributed by atoms with Crippen LogP contribution in [0.1, 0.15) is 0 Å². The summed E-state index contributed by atoms with van der Waals surface area (Å²) in [6.45, 7) is 4.00. The normalized spacial score (nSPS) is 15.2. The number of nitrogen functional groups attached to an aromatic ring is 1. The molecule has 0 radical (unpaired) electrons. The quantitative estimate of drug-likeness (QED) is 0.656. The lowest BCUT2D eigenvalue weighted by molar-refractivity contribution is 0.647. The molecule has 1 fully saturated rings. The highest BCUT2D eigenvalue weighted by Gasteiger charge is 2.17. The molecule has 0 bridgehead atoms. The van der Waals surface area contributed by atoms with Gasteiger partial charge >= 0.3 is 0 Å². The first-order valence-corrected chi connectivity index (χ1v) is 6.84. The lowest BCUT2D eigenvalue weighted by atomic mass is 10.2. The first-order chi connectivity index (χ1) is 9.86. The topological polar surface area (TPSA) is 57.4 Å². The summed E-state index contributed by atoms with van der Waals surface area (Å²) in [6.07, 6.45) is 1.76. The maximum atomic E-state index is 5.35. The summed E-state index contributed by atoms with van der Waals surface area (Å²) in [6, 6.07) is 14.5. The van der Waals surface area contributed by atoms with Crippen LogP contribution in [0.2, 0.25) is 0 Å². The van der Waals surface area contributed by atoms with Gasteiger partial charge in [0.05, 0.1) is 11.9 Å². The van der Waals surface area contributed by atoms with Gasteiger partial charge in [0.2, 0.25) is 0 Å². The van der Waals surface area contributed by atoms with Gasteiger partial charge in [0, 0.05) is 31.9 Å². The Hall–Kier alpha value is -2.27. The van der Waals surface area contributed by atoms with Gasteiger partial charge < -0.3 is 15.2 Å². The molecule has 5 nitrogen and oxygen atoms in total. The number of hydrogen-bond donors (Lipinski definition) is 2. The van der Waals surface area contributed by atoms with Crippen LogP contribution in [0.4, 0.5) is 17.2 Å². The molecule has 20 heavy (non-hydrogen) atoms. The molecule has 5 heteroatoms. The smallest absolute Gasteiger partial charge is 0.128 e. The van der Waals surface area contributed by atoms with Crippen molar-refractivity contribution in [2.75, 3.05) is 41.4 Å². The third-order valence-electron chi connectivity index (χ3n) is 3.64. The third kappa shape index (κ3) is 2.67. The molecule has 1 saturated heterocycles. The van der Waals surface area contributed by atoms with Crippen molar-refractivity contribution in [2.24, 2.45) is 5.84 Å². The predicted molar refractivity (Wildman–Crippen MR) is 82.9 cm³/mol. The first-order valence-electron chi connectivity index (χ1n) is 6.84. The second kappa shape index (κ2) is 5.79. The molecule has 0 aliphatic carbocycles. The maximum Gasteiger partial charge on any atom is 0.128 e. The molecule has 1 aliphatic rings. The molecule has 0 atom stereocenters. The van der Waals surface area contributed by atoms with Crippen molar-refractivity contribution < 1.29 is 0 Å². The average Bonchev–Trinajstić information content (AvgIpc) is 2.56. The third-order valence-corrected chi connectivity index (χ3v) is 3.64. The van der Waals surface area contributed by atoms with Gasteiger partial charge in [-0.2, -0.15) is 0 Å². The Bertz CT molecular complexity index is 532. The number of piperazine rings is 1. The minimum atomic E-state index is 0.830. The van der Waals surface area contributed by atoms with Crippen LogP contribution in [0.5, 0.6) is 0 Å². The van der Waals surface area contributed by atoms with Gasteiger partial charge in [-0.3, -0.25) is 5.84 Å². The molecule has 0 amide bonds. The van der Waals surface area contributed by atoms with Gasteiger partial charge in [-0.05, 0) is 24.3 Å². The molecule has 1 aromatic carbocycles. The number of aromatic nitrogens is 1. The largest absolute Gasteiger partial charge is 0.368 e. The van der Waals surface area contributed by atoms with Crippen LogP contribution in [0.3, 0.4) is 0 Å². The summed E-state index contributed by atoms with van der Waals surface area (Å²) < 4.78 is 0. The van der Waals surface area contributed by atoms with Crippen molar-refractivity contribution in [3.8, 4) is 0 Å². The zero-order valence-corrected chi connectivity index (χ0v) is 11.4. The Kier molecular flexibility index (Phi) is 3.69. The average molecular weight is 269 g/mol. The summed E-state index contributed by atoms with van der Waals surface area (Å²) in [5, 5.41) is 0. The van der Waals surface area contributed by atoms with E-state index in [2.05, 4.69) is 50.5 Å². The van der Waals surface area contributed by atoms with E-state index in [0.29, 0.717) is 0 Å². The van der Waals surface area contributed by atoms with Gasteiger partial charge in [-0.1, -0.05) is 18.2 Å². The van der Waals surface area contributed by atoms with Crippen molar-refractivity contribution in [3.05, 3.63) is 48.7 Å². The highest BCUT2D eigenvalue weighted by atomic mass is 15.3. The Balaban J connectivity index is 1.63. The molecular formula is C15H19N5. The Morgan fingerprint density at radius 3 is 2.20 bits per heavy atom. The molecule has 0 unspecified atom stereocenters. The van der Waals surface area contributed by atoms with Gasteiger partial charge in [-0.15, -0.1) is 0 Å². The van der Waals surface area contributed by atoms with E-state index in [1.807, 2.05) is 12.1 Å².